The molecule has 3 saturated carbocycles. The van der Waals surface area contributed by atoms with Gasteiger partial charge in [-0.05, 0) is 61.2 Å². The second kappa shape index (κ2) is 4.87. The Labute approximate surface area is 128 Å². The number of carbonyl (C=O) groups is 1. The molecule has 8 heteroatoms. The van der Waals surface area contributed by atoms with Gasteiger partial charge in [0.25, 0.3) is 0 Å². The van der Waals surface area contributed by atoms with E-state index in [0.29, 0.717) is 18.3 Å². The Balaban J connectivity index is 1.51. The van der Waals surface area contributed by atoms with Crippen LogP contribution in [0, 0.1) is 29.1 Å². The highest BCUT2D eigenvalue weighted by Gasteiger charge is 2.59. The second-order valence-corrected chi connectivity index (χ2v) is 8.89. The largest absolute Gasteiger partial charge is 0.465 e. The molecule has 0 aliphatic heterocycles. The zero-order valence-electron chi connectivity index (χ0n) is 12.3. The molecule has 0 heterocycles. The van der Waals surface area contributed by atoms with Crippen LogP contribution in [0.5, 0.6) is 0 Å². The predicted molar refractivity (Wildman–Crippen MR) is 72.6 cm³/mol. The van der Waals surface area contributed by atoms with E-state index in [-0.39, 0.29) is 12.0 Å². The molecule has 3 rings (SSSR count). The van der Waals surface area contributed by atoms with Crippen molar-refractivity contribution in [3.63, 3.8) is 0 Å². The second-order valence-electron chi connectivity index (χ2n) is 7.43. The highest BCUT2D eigenvalue weighted by atomic mass is 32.2. The fourth-order valence-electron chi connectivity index (χ4n) is 4.84. The fourth-order valence-corrected chi connectivity index (χ4v) is 5.11. The van der Waals surface area contributed by atoms with Gasteiger partial charge in [0.2, 0.25) is 0 Å². The van der Waals surface area contributed by atoms with E-state index >= 15 is 0 Å². The Bertz CT molecular complexity index is 572. The van der Waals surface area contributed by atoms with Gasteiger partial charge in [-0.2, -0.15) is 17.2 Å². The zero-order chi connectivity index (χ0) is 16.3. The van der Waals surface area contributed by atoms with Crippen molar-refractivity contribution in [2.45, 2.75) is 44.3 Å². The van der Waals surface area contributed by atoms with E-state index in [0.717, 1.165) is 24.7 Å². The number of carbonyl (C=O) groups excluding carboxylic acids is 1. The smallest absolute Gasteiger partial charge is 0.460 e. The molecule has 5 nitrogen and oxygen atoms in total. The Kier molecular flexibility index (Phi) is 3.56. The summed E-state index contributed by atoms with van der Waals surface area (Å²) in [5, 5.41) is -4.90. The molecule has 0 aromatic heterocycles. The third-order valence-corrected chi connectivity index (χ3v) is 6.67. The van der Waals surface area contributed by atoms with Crippen LogP contribution in [0.15, 0.2) is 0 Å². The number of hydrogen-bond acceptors (Lipinski definition) is 4. The standard InChI is InChI=1S/C14H20F2O5S/c1-13(6-9-4-8-5-10(7-13)11(8)9)2-3-21-12(17)14(15,16)22(18,19)20/h8-11H,2-7H2,1H3,(H,18,19,20). The average molecular weight is 338 g/mol. The van der Waals surface area contributed by atoms with Gasteiger partial charge in [0.15, 0.2) is 0 Å². The molecule has 3 aliphatic carbocycles. The lowest BCUT2D eigenvalue weighted by molar-refractivity contribution is -0.170. The van der Waals surface area contributed by atoms with Crippen LogP contribution in [0.1, 0.15) is 39.0 Å². The summed E-state index contributed by atoms with van der Waals surface area (Å²) in [4.78, 5) is 11.1. The third-order valence-electron chi connectivity index (χ3n) is 5.85. The molecular weight excluding hydrogens is 318 g/mol. The molecular formula is C14H20F2O5S. The Hall–Kier alpha value is -0.760. The van der Waals surface area contributed by atoms with Crippen LogP contribution in [0.4, 0.5) is 8.78 Å². The highest BCUT2D eigenvalue weighted by Crippen LogP contribution is 2.67. The molecule has 0 saturated heterocycles. The van der Waals surface area contributed by atoms with Crippen molar-refractivity contribution in [1.82, 2.24) is 0 Å². The highest BCUT2D eigenvalue weighted by molar-refractivity contribution is 7.87. The van der Waals surface area contributed by atoms with Gasteiger partial charge in [0, 0.05) is 0 Å². The zero-order valence-corrected chi connectivity index (χ0v) is 13.1. The molecule has 0 aromatic rings. The van der Waals surface area contributed by atoms with E-state index in [1.165, 1.54) is 12.8 Å². The fraction of sp³-hybridized carbons (Fsp3) is 0.929. The number of rotatable bonds is 5. The summed E-state index contributed by atoms with van der Waals surface area (Å²) in [5.74, 6) is 0.944. The molecule has 0 spiro atoms. The lowest BCUT2D eigenvalue weighted by Gasteiger charge is -2.65. The number of halogens is 2. The van der Waals surface area contributed by atoms with Gasteiger partial charge in [-0.15, -0.1) is 0 Å². The number of esters is 1. The van der Waals surface area contributed by atoms with Crippen molar-refractivity contribution in [2.75, 3.05) is 6.61 Å². The average Bonchev–Trinajstić information content (AvgIpc) is 2.32. The molecule has 0 bridgehead atoms. The van der Waals surface area contributed by atoms with E-state index in [9.17, 15) is 22.0 Å². The van der Waals surface area contributed by atoms with Gasteiger partial charge in [-0.3, -0.25) is 4.55 Å². The van der Waals surface area contributed by atoms with Crippen molar-refractivity contribution in [1.29, 1.82) is 0 Å². The Morgan fingerprint density at radius 2 is 1.82 bits per heavy atom. The molecule has 3 aliphatic rings. The summed E-state index contributed by atoms with van der Waals surface area (Å²) >= 11 is 0. The topological polar surface area (TPSA) is 80.7 Å². The number of hydrogen-bond donors (Lipinski definition) is 1. The van der Waals surface area contributed by atoms with E-state index in [2.05, 4.69) is 11.7 Å². The minimum atomic E-state index is -5.79. The quantitative estimate of drug-likeness (QED) is 0.615. The van der Waals surface area contributed by atoms with Crippen molar-refractivity contribution < 1.29 is 31.3 Å². The van der Waals surface area contributed by atoms with Crippen LogP contribution >= 0.6 is 0 Å². The van der Waals surface area contributed by atoms with Gasteiger partial charge in [-0.25, -0.2) is 4.79 Å². The molecule has 3 fully saturated rings. The molecule has 22 heavy (non-hydrogen) atoms. The summed E-state index contributed by atoms with van der Waals surface area (Å²) in [6, 6.07) is 0. The molecule has 126 valence electrons. The molecule has 0 amide bonds. The first kappa shape index (κ1) is 16.1. The van der Waals surface area contributed by atoms with Crippen LogP contribution in [-0.4, -0.2) is 30.8 Å². The summed E-state index contributed by atoms with van der Waals surface area (Å²) in [6.45, 7) is 1.82. The number of alkyl halides is 2. The summed E-state index contributed by atoms with van der Waals surface area (Å²) < 4.78 is 59.8. The number of ether oxygens (including phenoxy) is 1. The summed E-state index contributed by atoms with van der Waals surface area (Å²) in [6.07, 6.45) is 4.95. The predicted octanol–water partition coefficient (Wildman–Crippen LogP) is 2.47. The minimum Gasteiger partial charge on any atom is -0.460 e. The maximum atomic E-state index is 13.1. The SMILES string of the molecule is CC1(CCOC(=O)C(F)(F)S(=O)(=O)O)CC2CC3CC(C1)C32. The third kappa shape index (κ3) is 2.44. The van der Waals surface area contributed by atoms with Gasteiger partial charge < -0.3 is 4.74 Å². The van der Waals surface area contributed by atoms with Crippen LogP contribution in [0.2, 0.25) is 0 Å². The lowest BCUT2D eigenvalue weighted by Crippen LogP contribution is -2.57. The maximum Gasteiger partial charge on any atom is 0.465 e. The van der Waals surface area contributed by atoms with Crippen LogP contribution in [0.3, 0.4) is 0 Å². The van der Waals surface area contributed by atoms with E-state index in [4.69, 9.17) is 4.55 Å². The normalized spacial score (nSPS) is 40.2. The monoisotopic (exact) mass is 338 g/mol. The van der Waals surface area contributed by atoms with Crippen LogP contribution < -0.4 is 0 Å². The molecule has 0 radical (unpaired) electrons. The molecule has 1 N–H and O–H groups in total. The van der Waals surface area contributed by atoms with E-state index < -0.39 is 21.3 Å². The van der Waals surface area contributed by atoms with Crippen molar-refractivity contribution in [3.8, 4) is 0 Å². The van der Waals surface area contributed by atoms with Crippen LogP contribution in [-0.2, 0) is 19.6 Å². The van der Waals surface area contributed by atoms with Crippen molar-refractivity contribution in [3.05, 3.63) is 0 Å². The first-order valence-electron chi connectivity index (χ1n) is 7.56. The van der Waals surface area contributed by atoms with Gasteiger partial charge in [-0.1, -0.05) is 6.92 Å². The van der Waals surface area contributed by atoms with Crippen molar-refractivity contribution >= 4 is 16.1 Å². The Morgan fingerprint density at radius 1 is 1.27 bits per heavy atom. The molecule has 0 aromatic carbocycles. The van der Waals surface area contributed by atoms with Crippen LogP contribution in [0.25, 0.3) is 0 Å². The van der Waals surface area contributed by atoms with Crippen molar-refractivity contribution in [2.24, 2.45) is 29.1 Å². The first-order valence-corrected chi connectivity index (χ1v) is 9.00. The Morgan fingerprint density at radius 3 is 2.27 bits per heavy atom. The lowest BCUT2D eigenvalue weighted by atomic mass is 9.40. The molecule has 2 unspecified atom stereocenters. The van der Waals surface area contributed by atoms with E-state index in [1.54, 1.807) is 0 Å². The summed E-state index contributed by atoms with van der Waals surface area (Å²) in [7, 11) is -5.79. The van der Waals surface area contributed by atoms with Gasteiger partial charge >= 0.3 is 21.3 Å². The first-order chi connectivity index (χ1) is 10.0. The maximum absolute atomic E-state index is 13.1. The van der Waals surface area contributed by atoms with E-state index in [1.807, 2.05) is 0 Å². The van der Waals surface area contributed by atoms with Gasteiger partial charge in [0.05, 0.1) is 6.61 Å². The minimum absolute atomic E-state index is 0.0507. The molecule has 2 atom stereocenters. The summed E-state index contributed by atoms with van der Waals surface area (Å²) in [5.41, 5.74) is -0.0507. The van der Waals surface area contributed by atoms with Gasteiger partial charge in [0.1, 0.15) is 0 Å².